The fraction of sp³-hybridized carbons (Fsp3) is 0.333. The second kappa shape index (κ2) is 11.6. The third kappa shape index (κ3) is 8.47. The van der Waals surface area contributed by atoms with Crippen LogP contribution in [0.5, 0.6) is 0 Å². The first-order valence-corrected chi connectivity index (χ1v) is 6.98. The zero-order valence-electron chi connectivity index (χ0n) is 13.7. The van der Waals surface area contributed by atoms with Crippen LogP contribution >= 0.6 is 0 Å². The van der Waals surface area contributed by atoms with Gasteiger partial charge in [-0.05, 0) is 39.6 Å². The molecule has 132 valence electrons. The van der Waals surface area contributed by atoms with Crippen molar-refractivity contribution in [2.75, 3.05) is 13.2 Å². The Morgan fingerprint density at radius 1 is 1.12 bits per heavy atom. The number of nitrogens with zero attached hydrogens (tertiary/aromatic N) is 1. The highest BCUT2D eigenvalue weighted by Crippen LogP contribution is 2.01. The van der Waals surface area contributed by atoms with E-state index in [0.717, 1.165) is 12.3 Å². The number of halogens is 1. The standard InChI is InChI=1S/C15H20FN3O5/c1-5-23-13(20)11(14(21)24-6-2)9-18-15(22)19-12(17-4)8-7-10(3)16/h7-9H,4-6H2,1-3H3,(H2,18,19,22)/b10-7+,12-8+. The van der Waals surface area contributed by atoms with E-state index in [4.69, 9.17) is 9.47 Å². The van der Waals surface area contributed by atoms with E-state index < -0.39 is 29.4 Å². The molecule has 8 nitrogen and oxygen atoms in total. The third-order valence-corrected chi connectivity index (χ3v) is 2.22. The Labute approximate surface area is 139 Å². The van der Waals surface area contributed by atoms with Crippen LogP contribution in [0.2, 0.25) is 0 Å². The molecule has 2 amide bonds. The van der Waals surface area contributed by atoms with E-state index in [0.29, 0.717) is 0 Å². The van der Waals surface area contributed by atoms with Crippen molar-refractivity contribution >= 4 is 24.7 Å². The monoisotopic (exact) mass is 341 g/mol. The van der Waals surface area contributed by atoms with Crippen molar-refractivity contribution in [1.82, 2.24) is 10.6 Å². The Morgan fingerprint density at radius 3 is 2.08 bits per heavy atom. The molecule has 0 saturated heterocycles. The van der Waals surface area contributed by atoms with Crippen molar-refractivity contribution in [3.05, 3.63) is 35.6 Å². The average Bonchev–Trinajstić information content (AvgIpc) is 2.51. The molecule has 0 atom stereocenters. The molecule has 0 heterocycles. The normalized spacial score (nSPS) is 11.2. The Morgan fingerprint density at radius 2 is 1.67 bits per heavy atom. The molecule has 0 radical (unpaired) electrons. The second-order valence-electron chi connectivity index (χ2n) is 4.06. The minimum Gasteiger partial charge on any atom is -0.462 e. The molecule has 0 aromatic heterocycles. The van der Waals surface area contributed by atoms with Gasteiger partial charge in [-0.25, -0.2) is 23.8 Å². The summed E-state index contributed by atoms with van der Waals surface area (Å²) in [5.41, 5.74) is -0.481. The van der Waals surface area contributed by atoms with E-state index in [2.05, 4.69) is 22.3 Å². The van der Waals surface area contributed by atoms with Gasteiger partial charge in [0.1, 0.15) is 5.82 Å². The van der Waals surface area contributed by atoms with Crippen molar-refractivity contribution in [2.45, 2.75) is 20.8 Å². The average molecular weight is 341 g/mol. The molecule has 9 heteroatoms. The zero-order valence-corrected chi connectivity index (χ0v) is 13.7. The van der Waals surface area contributed by atoms with Crippen LogP contribution in [0.4, 0.5) is 9.18 Å². The van der Waals surface area contributed by atoms with Gasteiger partial charge in [-0.2, -0.15) is 0 Å². The number of rotatable bonds is 8. The van der Waals surface area contributed by atoms with Gasteiger partial charge in [-0.3, -0.25) is 5.32 Å². The number of amides is 2. The number of aliphatic imine (C=N–C) groups is 1. The van der Waals surface area contributed by atoms with Crippen LogP contribution in [0.25, 0.3) is 0 Å². The van der Waals surface area contributed by atoms with Gasteiger partial charge in [-0.1, -0.05) is 0 Å². The summed E-state index contributed by atoms with van der Waals surface area (Å²) < 4.78 is 22.0. The lowest BCUT2D eigenvalue weighted by Gasteiger charge is -2.08. The highest BCUT2D eigenvalue weighted by molar-refractivity contribution is 6.14. The highest BCUT2D eigenvalue weighted by Gasteiger charge is 2.21. The Bertz CT molecular complexity index is 558. The van der Waals surface area contributed by atoms with Crippen molar-refractivity contribution in [1.29, 1.82) is 0 Å². The molecule has 0 rings (SSSR count). The van der Waals surface area contributed by atoms with E-state index in [1.165, 1.54) is 13.0 Å². The molecular weight excluding hydrogens is 321 g/mol. The number of hydrogen-bond acceptors (Lipinski definition) is 6. The van der Waals surface area contributed by atoms with Crippen molar-refractivity contribution in [2.24, 2.45) is 4.99 Å². The molecule has 24 heavy (non-hydrogen) atoms. The highest BCUT2D eigenvalue weighted by atomic mass is 19.1. The van der Waals surface area contributed by atoms with Crippen molar-refractivity contribution < 1.29 is 28.2 Å². The largest absolute Gasteiger partial charge is 0.462 e. The fourth-order valence-electron chi connectivity index (χ4n) is 1.24. The van der Waals surface area contributed by atoms with Gasteiger partial charge in [0.15, 0.2) is 5.57 Å². The second-order valence-corrected chi connectivity index (χ2v) is 4.06. The van der Waals surface area contributed by atoms with Crippen molar-refractivity contribution in [3.8, 4) is 0 Å². The predicted molar refractivity (Wildman–Crippen MR) is 85.5 cm³/mol. The third-order valence-electron chi connectivity index (χ3n) is 2.22. The number of hydrogen-bond donors (Lipinski definition) is 2. The maximum absolute atomic E-state index is 12.6. The number of carbonyl (C=O) groups is 3. The van der Waals surface area contributed by atoms with E-state index in [1.807, 2.05) is 0 Å². The maximum Gasteiger partial charge on any atom is 0.347 e. The van der Waals surface area contributed by atoms with Crippen molar-refractivity contribution in [3.63, 3.8) is 0 Å². The molecule has 0 fully saturated rings. The minimum atomic E-state index is -0.940. The summed E-state index contributed by atoms with van der Waals surface area (Å²) >= 11 is 0. The lowest BCUT2D eigenvalue weighted by atomic mass is 10.3. The molecule has 0 saturated carbocycles. The summed E-state index contributed by atoms with van der Waals surface area (Å²) in [6.45, 7) is 7.65. The summed E-state index contributed by atoms with van der Waals surface area (Å²) in [6, 6.07) is -0.829. The smallest absolute Gasteiger partial charge is 0.347 e. The molecule has 0 spiro atoms. The van der Waals surface area contributed by atoms with Crippen LogP contribution in [-0.2, 0) is 19.1 Å². The molecule has 0 bridgehead atoms. The Kier molecular flexibility index (Phi) is 10.1. The topological polar surface area (TPSA) is 106 Å². The number of urea groups is 1. The molecule has 2 N–H and O–H groups in total. The summed E-state index contributed by atoms with van der Waals surface area (Å²) in [7, 11) is 0. The summed E-state index contributed by atoms with van der Waals surface area (Å²) in [5, 5.41) is 4.40. The molecule has 0 aromatic rings. The maximum atomic E-state index is 12.6. The lowest BCUT2D eigenvalue weighted by Crippen LogP contribution is -2.32. The van der Waals surface area contributed by atoms with Crippen LogP contribution < -0.4 is 10.6 Å². The molecule has 0 aliphatic heterocycles. The zero-order chi connectivity index (χ0) is 18.5. The quantitative estimate of drug-likeness (QED) is 0.175. The first-order valence-electron chi connectivity index (χ1n) is 6.98. The van der Waals surface area contributed by atoms with E-state index in [1.54, 1.807) is 13.8 Å². The van der Waals surface area contributed by atoms with Gasteiger partial charge in [0, 0.05) is 6.20 Å². The van der Waals surface area contributed by atoms with Gasteiger partial charge < -0.3 is 14.8 Å². The van der Waals surface area contributed by atoms with Gasteiger partial charge in [0.05, 0.1) is 19.0 Å². The minimum absolute atomic E-state index is 0.0354. The van der Waals surface area contributed by atoms with Crippen LogP contribution in [0.15, 0.2) is 40.6 Å². The number of carbonyl (C=O) groups excluding carboxylic acids is 3. The lowest BCUT2D eigenvalue weighted by molar-refractivity contribution is -0.146. The van der Waals surface area contributed by atoms with Crippen LogP contribution in [0, 0.1) is 0 Å². The first kappa shape index (κ1) is 21.0. The van der Waals surface area contributed by atoms with E-state index in [9.17, 15) is 18.8 Å². The molecular formula is C15H20FN3O5. The number of esters is 2. The summed E-state index contributed by atoms with van der Waals surface area (Å²) in [5.74, 6) is -2.41. The predicted octanol–water partition coefficient (Wildman–Crippen LogP) is 1.71. The fourth-order valence-corrected chi connectivity index (χ4v) is 1.24. The molecule has 0 aliphatic rings. The number of allylic oxidation sites excluding steroid dienone is 3. The number of nitrogens with one attached hydrogen (secondary N) is 2. The Hall–Kier alpha value is -2.97. The SMILES string of the molecule is C=N/C(=C\C=C(/C)F)NC(=O)NC=C(C(=O)OCC)C(=O)OCC. The van der Waals surface area contributed by atoms with Gasteiger partial charge >= 0.3 is 18.0 Å². The van der Waals surface area contributed by atoms with E-state index in [-0.39, 0.29) is 19.0 Å². The van der Waals surface area contributed by atoms with Crippen LogP contribution in [-0.4, -0.2) is 37.9 Å². The van der Waals surface area contributed by atoms with E-state index >= 15 is 0 Å². The summed E-state index contributed by atoms with van der Waals surface area (Å²) in [4.78, 5) is 38.5. The molecule has 0 aliphatic carbocycles. The van der Waals surface area contributed by atoms with Gasteiger partial charge in [-0.15, -0.1) is 0 Å². The molecule has 0 unspecified atom stereocenters. The Balaban J connectivity index is 5.05. The molecule has 0 aromatic carbocycles. The van der Waals surface area contributed by atoms with Gasteiger partial charge in [0.2, 0.25) is 0 Å². The summed E-state index contributed by atoms with van der Waals surface area (Å²) in [6.07, 6.45) is 3.11. The van der Waals surface area contributed by atoms with Crippen LogP contribution in [0.3, 0.4) is 0 Å². The number of ether oxygens (including phenoxy) is 2. The first-order chi connectivity index (χ1) is 11.3. The van der Waals surface area contributed by atoms with Gasteiger partial charge in [0.25, 0.3) is 0 Å². The van der Waals surface area contributed by atoms with Crippen LogP contribution in [0.1, 0.15) is 20.8 Å².